The van der Waals surface area contributed by atoms with E-state index in [0.717, 1.165) is 16.0 Å². The van der Waals surface area contributed by atoms with Crippen LogP contribution < -0.4 is 5.32 Å². The summed E-state index contributed by atoms with van der Waals surface area (Å²) in [7, 11) is -3.68. The van der Waals surface area contributed by atoms with E-state index in [2.05, 4.69) is 5.32 Å². The molecule has 0 unspecified atom stereocenters. The summed E-state index contributed by atoms with van der Waals surface area (Å²) in [4.78, 5) is 13.6. The minimum absolute atomic E-state index is 0.121. The van der Waals surface area contributed by atoms with E-state index in [9.17, 15) is 13.2 Å². The van der Waals surface area contributed by atoms with Crippen LogP contribution in [0.2, 0.25) is 0 Å². The fourth-order valence-electron chi connectivity index (χ4n) is 3.20. The topological polar surface area (TPSA) is 63.2 Å². The highest BCUT2D eigenvalue weighted by Crippen LogP contribution is 2.45. The second-order valence-corrected chi connectivity index (χ2v) is 9.20. The number of fused-ring (bicyclic) bond motifs is 1. The first-order chi connectivity index (χ1) is 12.5. The Labute approximate surface area is 156 Å². The molecule has 0 bridgehead atoms. The van der Waals surface area contributed by atoms with Crippen molar-refractivity contribution in [2.75, 3.05) is 5.32 Å². The van der Waals surface area contributed by atoms with Gasteiger partial charge in [-0.05, 0) is 24.6 Å². The van der Waals surface area contributed by atoms with E-state index in [1.54, 1.807) is 35.7 Å². The normalized spacial score (nSPS) is 16.8. The van der Waals surface area contributed by atoms with Gasteiger partial charge in [-0.1, -0.05) is 48.0 Å². The fourth-order valence-corrected chi connectivity index (χ4v) is 6.13. The number of thiophene rings is 1. The molecule has 0 spiro atoms. The van der Waals surface area contributed by atoms with Crippen LogP contribution in [-0.2, 0) is 14.6 Å². The number of benzene rings is 2. The highest BCUT2D eigenvalue weighted by Gasteiger charge is 2.34. The lowest BCUT2D eigenvalue weighted by Crippen LogP contribution is -2.23. The van der Waals surface area contributed by atoms with Gasteiger partial charge < -0.3 is 5.32 Å². The quantitative estimate of drug-likeness (QED) is 0.731. The number of hydrogen-bond acceptors (Lipinski definition) is 4. The molecule has 1 aliphatic heterocycles. The van der Waals surface area contributed by atoms with Crippen LogP contribution in [0.4, 0.5) is 5.69 Å². The van der Waals surface area contributed by atoms with E-state index in [0.29, 0.717) is 12.1 Å². The van der Waals surface area contributed by atoms with E-state index in [1.165, 1.54) is 11.3 Å². The Morgan fingerprint density at radius 2 is 1.73 bits per heavy atom. The van der Waals surface area contributed by atoms with Gasteiger partial charge in [-0.25, -0.2) is 8.42 Å². The van der Waals surface area contributed by atoms with Crippen LogP contribution in [0, 0.1) is 6.92 Å². The largest absolute Gasteiger partial charge is 0.324 e. The van der Waals surface area contributed by atoms with Crippen LogP contribution in [0.15, 0.2) is 69.8 Å². The molecule has 0 aliphatic carbocycles. The maximum atomic E-state index is 13.0. The molecule has 0 radical (unpaired) electrons. The predicted octanol–water partition coefficient (Wildman–Crippen LogP) is 4.36. The molecule has 3 aromatic rings. The van der Waals surface area contributed by atoms with Crippen LogP contribution in [0.1, 0.15) is 28.3 Å². The molecule has 4 nitrogen and oxygen atoms in total. The number of rotatable bonds is 3. The lowest BCUT2D eigenvalue weighted by Gasteiger charge is -2.24. The second kappa shape index (κ2) is 6.37. The number of carbonyl (C=O) groups excluding carboxylic acids is 1. The third kappa shape index (κ3) is 2.85. The smallest absolute Gasteiger partial charge is 0.225 e. The number of carbonyl (C=O) groups is 1. The number of amides is 1. The SMILES string of the molecule is Cc1ccc([C@@H]2CC(=O)Nc3c(S(=O)(=O)c4ccccc4)csc32)cc1. The molecule has 4 rings (SSSR count). The molecule has 1 aromatic heterocycles. The highest BCUT2D eigenvalue weighted by atomic mass is 32.2. The Hall–Kier alpha value is -2.44. The summed E-state index contributed by atoms with van der Waals surface area (Å²) in [6, 6.07) is 16.3. The number of hydrogen-bond donors (Lipinski definition) is 1. The molecule has 2 aromatic carbocycles. The van der Waals surface area contributed by atoms with Crippen molar-refractivity contribution in [2.45, 2.75) is 29.1 Å². The van der Waals surface area contributed by atoms with Crippen LogP contribution >= 0.6 is 11.3 Å². The monoisotopic (exact) mass is 383 g/mol. The standard InChI is InChI=1S/C20H17NO3S2/c1-13-7-9-14(10-8-13)16-11-18(22)21-19-17(12-25-20(16)19)26(23,24)15-5-3-2-4-6-15/h2-10,12,16H,11H2,1H3,(H,21,22)/t16-/m0/s1. The molecule has 2 heterocycles. The Morgan fingerprint density at radius 1 is 1.04 bits per heavy atom. The summed E-state index contributed by atoms with van der Waals surface area (Å²) >= 11 is 1.39. The van der Waals surface area contributed by atoms with Crippen molar-refractivity contribution in [2.24, 2.45) is 0 Å². The third-order valence-electron chi connectivity index (χ3n) is 4.58. The number of anilines is 1. The van der Waals surface area contributed by atoms with Crippen molar-refractivity contribution >= 4 is 32.8 Å². The van der Waals surface area contributed by atoms with Crippen molar-refractivity contribution in [1.29, 1.82) is 0 Å². The van der Waals surface area contributed by atoms with E-state index in [4.69, 9.17) is 0 Å². The van der Waals surface area contributed by atoms with Gasteiger partial charge in [0.2, 0.25) is 15.7 Å². The summed E-state index contributed by atoms with van der Waals surface area (Å²) in [5.41, 5.74) is 2.60. The van der Waals surface area contributed by atoms with Gasteiger partial charge in [0.15, 0.2) is 0 Å². The molecule has 1 aliphatic rings. The van der Waals surface area contributed by atoms with Gasteiger partial charge in [-0.3, -0.25) is 4.79 Å². The Kier molecular flexibility index (Phi) is 4.17. The van der Waals surface area contributed by atoms with Gasteiger partial charge in [-0.15, -0.1) is 11.3 Å². The first kappa shape index (κ1) is 17.0. The summed E-state index contributed by atoms with van der Waals surface area (Å²) in [6.45, 7) is 2.01. The van der Waals surface area contributed by atoms with Gasteiger partial charge >= 0.3 is 0 Å². The second-order valence-electron chi connectivity index (χ2n) is 6.37. The maximum absolute atomic E-state index is 13.0. The molecule has 26 heavy (non-hydrogen) atoms. The zero-order valence-corrected chi connectivity index (χ0v) is 15.7. The first-order valence-corrected chi connectivity index (χ1v) is 10.6. The zero-order chi connectivity index (χ0) is 18.3. The molecule has 0 saturated heterocycles. The molecule has 1 N–H and O–H groups in total. The molecular formula is C20H17NO3S2. The average molecular weight is 383 g/mol. The predicted molar refractivity (Wildman–Crippen MR) is 102 cm³/mol. The van der Waals surface area contributed by atoms with E-state index < -0.39 is 9.84 Å². The van der Waals surface area contributed by atoms with E-state index in [-0.39, 0.29) is 21.6 Å². The van der Waals surface area contributed by atoms with Crippen molar-refractivity contribution in [3.63, 3.8) is 0 Å². The zero-order valence-electron chi connectivity index (χ0n) is 14.1. The molecular weight excluding hydrogens is 366 g/mol. The van der Waals surface area contributed by atoms with E-state index >= 15 is 0 Å². The van der Waals surface area contributed by atoms with Gasteiger partial charge in [0.05, 0.1) is 10.6 Å². The van der Waals surface area contributed by atoms with Gasteiger partial charge in [0.25, 0.3) is 0 Å². The Morgan fingerprint density at radius 3 is 2.42 bits per heavy atom. The third-order valence-corrected chi connectivity index (χ3v) is 7.62. The van der Waals surface area contributed by atoms with Crippen LogP contribution in [0.5, 0.6) is 0 Å². The van der Waals surface area contributed by atoms with Crippen LogP contribution in [0.25, 0.3) is 0 Å². The molecule has 6 heteroatoms. The van der Waals surface area contributed by atoms with E-state index in [1.807, 2.05) is 31.2 Å². The number of nitrogens with one attached hydrogen (secondary N) is 1. The van der Waals surface area contributed by atoms with Crippen LogP contribution in [0.3, 0.4) is 0 Å². The molecule has 0 saturated carbocycles. The Bertz CT molecular complexity index is 1070. The maximum Gasteiger partial charge on any atom is 0.225 e. The average Bonchev–Trinajstić information content (AvgIpc) is 3.07. The fraction of sp³-hybridized carbons (Fsp3) is 0.150. The lowest BCUT2D eigenvalue weighted by atomic mass is 9.90. The minimum atomic E-state index is -3.68. The minimum Gasteiger partial charge on any atom is -0.324 e. The van der Waals surface area contributed by atoms with Crippen molar-refractivity contribution in [3.8, 4) is 0 Å². The van der Waals surface area contributed by atoms with Crippen molar-refractivity contribution < 1.29 is 13.2 Å². The lowest BCUT2D eigenvalue weighted by molar-refractivity contribution is -0.116. The number of aryl methyl sites for hydroxylation is 1. The summed E-state index contributed by atoms with van der Waals surface area (Å²) in [6.07, 6.45) is 0.321. The summed E-state index contributed by atoms with van der Waals surface area (Å²) < 4.78 is 26.0. The molecule has 132 valence electrons. The van der Waals surface area contributed by atoms with Gasteiger partial charge in [-0.2, -0.15) is 0 Å². The van der Waals surface area contributed by atoms with Gasteiger partial charge in [0.1, 0.15) is 4.90 Å². The Balaban J connectivity index is 1.83. The van der Waals surface area contributed by atoms with Crippen molar-refractivity contribution in [1.82, 2.24) is 0 Å². The number of sulfone groups is 1. The first-order valence-electron chi connectivity index (χ1n) is 8.25. The van der Waals surface area contributed by atoms with Crippen molar-refractivity contribution in [3.05, 3.63) is 76.0 Å². The summed E-state index contributed by atoms with van der Waals surface area (Å²) in [5.74, 6) is -0.282. The van der Waals surface area contributed by atoms with Gasteiger partial charge in [0, 0.05) is 22.6 Å². The highest BCUT2D eigenvalue weighted by molar-refractivity contribution is 7.91. The molecule has 0 fully saturated rings. The summed E-state index contributed by atoms with van der Waals surface area (Å²) in [5, 5.41) is 4.43. The molecule has 1 amide bonds. The molecule has 1 atom stereocenters. The van der Waals surface area contributed by atoms with Crippen LogP contribution in [-0.4, -0.2) is 14.3 Å².